The van der Waals surface area contributed by atoms with Crippen LogP contribution in [0.2, 0.25) is 0 Å². The molecule has 0 unspecified atom stereocenters. The fourth-order valence-electron chi connectivity index (χ4n) is 3.73. The third kappa shape index (κ3) is 6.41. The molecule has 32 heavy (non-hydrogen) atoms. The van der Waals surface area contributed by atoms with E-state index in [1.54, 1.807) is 48.5 Å². The predicted molar refractivity (Wildman–Crippen MR) is 122 cm³/mol. The van der Waals surface area contributed by atoms with Crippen LogP contribution in [0, 0.1) is 5.92 Å². The second-order valence-corrected chi connectivity index (χ2v) is 7.88. The normalized spacial score (nSPS) is 13.8. The molecule has 0 saturated heterocycles. The fraction of sp³-hybridized carbons (Fsp3) is 0.333. The highest BCUT2D eigenvalue weighted by Crippen LogP contribution is 2.25. The summed E-state index contributed by atoms with van der Waals surface area (Å²) in [5.41, 5.74) is 6.62. The van der Waals surface area contributed by atoms with Crippen molar-refractivity contribution in [1.82, 2.24) is 5.32 Å². The highest BCUT2D eigenvalue weighted by Gasteiger charge is 2.21. The van der Waals surface area contributed by atoms with Crippen molar-refractivity contribution < 1.29 is 19.2 Å². The van der Waals surface area contributed by atoms with Gasteiger partial charge in [-0.25, -0.2) is 0 Å². The minimum absolute atomic E-state index is 0.0137. The molecule has 2 aromatic carbocycles. The van der Waals surface area contributed by atoms with Crippen LogP contribution in [0.4, 0.5) is 11.4 Å². The van der Waals surface area contributed by atoms with Crippen LogP contribution in [0.25, 0.3) is 0 Å². The number of para-hydroxylation sites is 1. The number of benzene rings is 2. The number of anilines is 2. The summed E-state index contributed by atoms with van der Waals surface area (Å²) in [7, 11) is 0. The maximum Gasteiger partial charge on any atom is 0.255 e. The lowest BCUT2D eigenvalue weighted by molar-refractivity contribution is -0.121. The first-order valence-electron chi connectivity index (χ1n) is 10.8. The Morgan fingerprint density at radius 2 is 1.62 bits per heavy atom. The lowest BCUT2D eigenvalue weighted by Gasteiger charge is -2.20. The molecular formula is C24H28N4O4. The standard InChI is InChI=1S/C24H28N4O4/c25-21(29)13-14-26-24(32)19-11-4-5-12-20(19)28-23(31)17-9-6-10-18(15-17)27-22(30)16-7-2-1-3-8-16/h4-6,9-12,15-16H,1-3,7-8,13-14H2,(H2,25,29)(H,26,32)(H,27,30)(H,28,31). The van der Waals surface area contributed by atoms with Gasteiger partial charge in [0, 0.05) is 30.1 Å². The van der Waals surface area contributed by atoms with Gasteiger partial charge >= 0.3 is 0 Å². The number of nitrogens with one attached hydrogen (secondary N) is 3. The van der Waals surface area contributed by atoms with Gasteiger partial charge in [-0.1, -0.05) is 37.5 Å². The van der Waals surface area contributed by atoms with Crippen molar-refractivity contribution in [1.29, 1.82) is 0 Å². The van der Waals surface area contributed by atoms with Gasteiger partial charge in [0.2, 0.25) is 11.8 Å². The van der Waals surface area contributed by atoms with Gasteiger partial charge in [0.05, 0.1) is 11.3 Å². The largest absolute Gasteiger partial charge is 0.370 e. The third-order valence-electron chi connectivity index (χ3n) is 5.45. The van der Waals surface area contributed by atoms with Gasteiger partial charge in [-0.15, -0.1) is 0 Å². The van der Waals surface area contributed by atoms with E-state index in [2.05, 4.69) is 16.0 Å². The monoisotopic (exact) mass is 436 g/mol. The summed E-state index contributed by atoms with van der Waals surface area (Å²) in [5.74, 6) is -1.34. The molecular weight excluding hydrogens is 408 g/mol. The molecule has 0 aromatic heterocycles. The van der Waals surface area contributed by atoms with Gasteiger partial charge in [0.15, 0.2) is 0 Å². The quantitative estimate of drug-likeness (QED) is 0.506. The highest BCUT2D eigenvalue weighted by molar-refractivity contribution is 6.09. The van der Waals surface area contributed by atoms with Crippen molar-refractivity contribution in [3.8, 4) is 0 Å². The summed E-state index contributed by atoms with van der Waals surface area (Å²) in [6.07, 6.45) is 5.12. The number of carbonyl (C=O) groups is 4. The smallest absolute Gasteiger partial charge is 0.255 e. The van der Waals surface area contributed by atoms with E-state index in [-0.39, 0.29) is 30.4 Å². The van der Waals surface area contributed by atoms with Crippen LogP contribution in [0.1, 0.15) is 59.2 Å². The van der Waals surface area contributed by atoms with Crippen LogP contribution >= 0.6 is 0 Å². The third-order valence-corrected chi connectivity index (χ3v) is 5.45. The Morgan fingerprint density at radius 3 is 2.38 bits per heavy atom. The first-order chi connectivity index (χ1) is 15.4. The molecule has 0 aliphatic heterocycles. The number of hydrogen-bond donors (Lipinski definition) is 4. The van der Waals surface area contributed by atoms with Crippen LogP contribution in [-0.4, -0.2) is 30.2 Å². The summed E-state index contributed by atoms with van der Waals surface area (Å²) in [5, 5.41) is 8.27. The van der Waals surface area contributed by atoms with E-state index in [4.69, 9.17) is 5.73 Å². The average molecular weight is 437 g/mol. The molecule has 5 N–H and O–H groups in total. The van der Waals surface area contributed by atoms with E-state index in [1.807, 2.05) is 0 Å². The molecule has 2 aromatic rings. The van der Waals surface area contributed by atoms with Crippen molar-refractivity contribution in [2.24, 2.45) is 11.7 Å². The second-order valence-electron chi connectivity index (χ2n) is 7.88. The minimum Gasteiger partial charge on any atom is -0.370 e. The molecule has 1 aliphatic rings. The van der Waals surface area contributed by atoms with E-state index in [9.17, 15) is 19.2 Å². The lowest BCUT2D eigenvalue weighted by atomic mass is 9.88. The highest BCUT2D eigenvalue weighted by atomic mass is 16.2. The first-order valence-corrected chi connectivity index (χ1v) is 10.8. The molecule has 0 radical (unpaired) electrons. The second kappa shape index (κ2) is 11.1. The fourth-order valence-corrected chi connectivity index (χ4v) is 3.73. The summed E-state index contributed by atoms with van der Waals surface area (Å²) >= 11 is 0. The van der Waals surface area contributed by atoms with Gasteiger partial charge in [-0.05, 0) is 43.2 Å². The van der Waals surface area contributed by atoms with E-state index < -0.39 is 17.7 Å². The van der Waals surface area contributed by atoms with Crippen LogP contribution in [-0.2, 0) is 9.59 Å². The van der Waals surface area contributed by atoms with Gasteiger partial charge in [-0.2, -0.15) is 0 Å². The lowest BCUT2D eigenvalue weighted by Crippen LogP contribution is -2.29. The molecule has 168 valence electrons. The zero-order chi connectivity index (χ0) is 22.9. The van der Waals surface area contributed by atoms with Gasteiger partial charge < -0.3 is 21.7 Å². The average Bonchev–Trinajstić information content (AvgIpc) is 2.80. The van der Waals surface area contributed by atoms with Gasteiger partial charge in [0.25, 0.3) is 11.8 Å². The molecule has 1 aliphatic carbocycles. The predicted octanol–water partition coefficient (Wildman–Crippen LogP) is 3.06. The number of rotatable bonds is 8. The van der Waals surface area contributed by atoms with Crippen LogP contribution < -0.4 is 21.7 Å². The van der Waals surface area contributed by atoms with Crippen molar-refractivity contribution in [3.63, 3.8) is 0 Å². The molecule has 0 spiro atoms. The number of amides is 4. The molecule has 8 heteroatoms. The maximum atomic E-state index is 12.8. The van der Waals surface area contributed by atoms with Crippen molar-refractivity contribution >= 4 is 35.0 Å². The number of primary amides is 1. The molecule has 3 rings (SSSR count). The van der Waals surface area contributed by atoms with Crippen LogP contribution in [0.5, 0.6) is 0 Å². The minimum atomic E-state index is -0.512. The first kappa shape index (κ1) is 23.0. The summed E-state index contributed by atoms with van der Waals surface area (Å²) in [6.45, 7) is 0.110. The molecule has 0 heterocycles. The van der Waals surface area contributed by atoms with Crippen LogP contribution in [0.15, 0.2) is 48.5 Å². The van der Waals surface area contributed by atoms with Crippen molar-refractivity contribution in [2.75, 3.05) is 17.2 Å². The summed E-state index contributed by atoms with van der Waals surface area (Å²) < 4.78 is 0. The Bertz CT molecular complexity index is 999. The SMILES string of the molecule is NC(=O)CCNC(=O)c1ccccc1NC(=O)c1cccc(NC(=O)C2CCCCC2)c1. The molecule has 0 bridgehead atoms. The number of carbonyl (C=O) groups excluding carboxylic acids is 4. The van der Waals surface area contributed by atoms with E-state index in [0.717, 1.165) is 25.7 Å². The van der Waals surface area contributed by atoms with Crippen molar-refractivity contribution in [3.05, 3.63) is 59.7 Å². The Morgan fingerprint density at radius 1 is 0.875 bits per heavy atom. The maximum absolute atomic E-state index is 12.8. The Kier molecular flexibility index (Phi) is 7.96. The van der Waals surface area contributed by atoms with Crippen LogP contribution in [0.3, 0.4) is 0 Å². The number of nitrogens with two attached hydrogens (primary N) is 1. The zero-order valence-corrected chi connectivity index (χ0v) is 17.9. The van der Waals surface area contributed by atoms with Gasteiger partial charge in [-0.3, -0.25) is 19.2 Å². The molecule has 1 saturated carbocycles. The Hall–Kier alpha value is -3.68. The number of hydrogen-bond acceptors (Lipinski definition) is 4. The topological polar surface area (TPSA) is 130 Å². The van der Waals surface area contributed by atoms with Gasteiger partial charge in [0.1, 0.15) is 0 Å². The molecule has 1 fully saturated rings. The molecule has 0 atom stereocenters. The Balaban J connectivity index is 1.66. The molecule has 4 amide bonds. The Labute approximate surface area is 186 Å². The van der Waals surface area contributed by atoms with E-state index in [1.165, 1.54) is 6.42 Å². The van der Waals surface area contributed by atoms with Crippen molar-refractivity contribution in [2.45, 2.75) is 38.5 Å². The summed E-state index contributed by atoms with van der Waals surface area (Å²) in [6, 6.07) is 13.3. The van der Waals surface area contributed by atoms with E-state index >= 15 is 0 Å². The summed E-state index contributed by atoms with van der Waals surface area (Å²) in [4.78, 5) is 48.6. The zero-order valence-electron chi connectivity index (χ0n) is 17.9. The molecule has 8 nitrogen and oxygen atoms in total. The van der Waals surface area contributed by atoms with E-state index in [0.29, 0.717) is 16.9 Å².